The zero-order valence-electron chi connectivity index (χ0n) is 12.8. The smallest absolute Gasteiger partial charge is 0.326 e. The Kier molecular flexibility index (Phi) is 6.49. The highest BCUT2D eigenvalue weighted by molar-refractivity contribution is 7.92. The van der Waals surface area contributed by atoms with E-state index in [0.717, 1.165) is 30.9 Å². The van der Waals surface area contributed by atoms with Gasteiger partial charge in [-0.15, -0.1) is 0 Å². The van der Waals surface area contributed by atoms with E-state index in [9.17, 15) is 22.4 Å². The quantitative estimate of drug-likeness (QED) is 0.661. The van der Waals surface area contributed by atoms with Crippen molar-refractivity contribution in [1.82, 2.24) is 5.32 Å². The lowest BCUT2D eigenvalue weighted by Gasteiger charge is -2.16. The van der Waals surface area contributed by atoms with Gasteiger partial charge >= 0.3 is 5.97 Å². The van der Waals surface area contributed by atoms with Crippen molar-refractivity contribution in [3.63, 3.8) is 0 Å². The number of carbonyl (C=O) groups excluding carboxylic acids is 1. The van der Waals surface area contributed by atoms with Crippen LogP contribution in [0.2, 0.25) is 0 Å². The van der Waals surface area contributed by atoms with Crippen molar-refractivity contribution in [3.8, 4) is 0 Å². The number of hydrogen-bond acceptors (Lipinski definition) is 4. The van der Waals surface area contributed by atoms with Crippen molar-refractivity contribution in [1.29, 1.82) is 0 Å². The van der Waals surface area contributed by atoms with Gasteiger partial charge < -0.3 is 10.4 Å². The maximum absolute atomic E-state index is 13.4. The number of unbranched alkanes of at least 4 members (excludes halogenated alkanes) is 1. The highest BCUT2D eigenvalue weighted by Crippen LogP contribution is 2.18. The third-order valence-corrected chi connectivity index (χ3v) is 3.56. The number of carbonyl (C=O) groups is 2. The molecule has 0 spiro atoms. The molecule has 23 heavy (non-hydrogen) atoms. The number of benzene rings is 1. The number of carboxylic acids is 1. The summed E-state index contributed by atoms with van der Waals surface area (Å²) in [6, 6.07) is 1.82. The minimum atomic E-state index is -3.67. The second kappa shape index (κ2) is 7.91. The molecule has 1 atom stereocenters. The van der Waals surface area contributed by atoms with Gasteiger partial charge in [-0.3, -0.25) is 9.52 Å². The van der Waals surface area contributed by atoms with Crippen molar-refractivity contribution in [2.45, 2.75) is 32.2 Å². The number of aliphatic carboxylic acids is 1. The monoisotopic (exact) mass is 346 g/mol. The lowest BCUT2D eigenvalue weighted by Crippen LogP contribution is -2.41. The van der Waals surface area contributed by atoms with Crippen LogP contribution in [0, 0.1) is 5.82 Å². The summed E-state index contributed by atoms with van der Waals surface area (Å²) in [6.07, 6.45) is 2.45. The Morgan fingerprint density at radius 2 is 2.00 bits per heavy atom. The fourth-order valence-electron chi connectivity index (χ4n) is 1.89. The van der Waals surface area contributed by atoms with E-state index < -0.39 is 33.8 Å². The first-order valence-corrected chi connectivity index (χ1v) is 8.84. The standard InChI is InChI=1S/C14H19FN2O5S/c1-3-4-5-12(14(19)20)16-13(18)10-8-9(15)6-7-11(10)17-23(2,21)22/h6-8,12,17H,3-5H2,1-2H3,(H,16,18)(H,19,20)/t12-/m0/s1. The van der Waals surface area contributed by atoms with Gasteiger partial charge in [0.05, 0.1) is 17.5 Å². The van der Waals surface area contributed by atoms with Crippen LogP contribution in [0.15, 0.2) is 18.2 Å². The second-order valence-corrected chi connectivity index (χ2v) is 6.82. The number of amides is 1. The van der Waals surface area contributed by atoms with Crippen LogP contribution in [0.1, 0.15) is 36.5 Å². The Hall–Kier alpha value is -2.16. The normalized spacial score (nSPS) is 12.5. The van der Waals surface area contributed by atoms with Gasteiger partial charge in [0, 0.05) is 0 Å². The Labute approximate surface area is 133 Å². The molecular formula is C14H19FN2O5S. The molecule has 0 fully saturated rings. The van der Waals surface area contributed by atoms with Gasteiger partial charge in [-0.05, 0) is 24.6 Å². The van der Waals surface area contributed by atoms with Gasteiger partial charge in [-0.25, -0.2) is 17.6 Å². The van der Waals surface area contributed by atoms with Crippen LogP contribution in [-0.4, -0.2) is 37.7 Å². The summed E-state index contributed by atoms with van der Waals surface area (Å²) in [5.41, 5.74) is -0.399. The summed E-state index contributed by atoms with van der Waals surface area (Å²) < 4.78 is 38.1. The van der Waals surface area contributed by atoms with E-state index in [1.165, 1.54) is 0 Å². The maximum atomic E-state index is 13.4. The summed E-state index contributed by atoms with van der Waals surface area (Å²) in [5.74, 6) is -2.81. The fourth-order valence-corrected chi connectivity index (χ4v) is 2.47. The molecule has 0 aliphatic rings. The number of hydrogen-bond donors (Lipinski definition) is 3. The average molecular weight is 346 g/mol. The van der Waals surface area contributed by atoms with Crippen LogP contribution in [0.25, 0.3) is 0 Å². The summed E-state index contributed by atoms with van der Waals surface area (Å²) in [7, 11) is -3.67. The van der Waals surface area contributed by atoms with E-state index in [2.05, 4.69) is 10.0 Å². The highest BCUT2D eigenvalue weighted by atomic mass is 32.2. The molecule has 0 saturated heterocycles. The number of anilines is 1. The largest absolute Gasteiger partial charge is 0.480 e. The minimum Gasteiger partial charge on any atom is -0.480 e. The summed E-state index contributed by atoms with van der Waals surface area (Å²) >= 11 is 0. The Morgan fingerprint density at radius 1 is 1.35 bits per heavy atom. The number of carboxylic acid groups (broad SMARTS) is 1. The van der Waals surface area contributed by atoms with Crippen LogP contribution in [0.3, 0.4) is 0 Å². The van der Waals surface area contributed by atoms with Crippen molar-refractivity contribution < 1.29 is 27.5 Å². The van der Waals surface area contributed by atoms with Gasteiger partial charge in [-0.2, -0.15) is 0 Å². The van der Waals surface area contributed by atoms with Crippen LogP contribution < -0.4 is 10.0 Å². The first kappa shape index (κ1) is 18.9. The molecule has 128 valence electrons. The number of rotatable bonds is 8. The van der Waals surface area contributed by atoms with Gasteiger partial charge in [0.2, 0.25) is 10.0 Å². The third kappa shape index (κ3) is 6.23. The van der Waals surface area contributed by atoms with Crippen molar-refractivity contribution >= 4 is 27.6 Å². The fraction of sp³-hybridized carbons (Fsp3) is 0.429. The molecule has 0 radical (unpaired) electrons. The van der Waals surface area contributed by atoms with Gasteiger partial charge in [0.15, 0.2) is 0 Å². The predicted molar refractivity (Wildman–Crippen MR) is 83.3 cm³/mol. The molecule has 0 heterocycles. The van der Waals surface area contributed by atoms with Crippen LogP contribution >= 0.6 is 0 Å². The summed E-state index contributed by atoms with van der Waals surface area (Å²) in [5, 5.41) is 11.4. The topological polar surface area (TPSA) is 113 Å². The average Bonchev–Trinajstić information content (AvgIpc) is 2.43. The zero-order valence-corrected chi connectivity index (χ0v) is 13.6. The highest BCUT2D eigenvalue weighted by Gasteiger charge is 2.22. The lowest BCUT2D eigenvalue weighted by molar-refractivity contribution is -0.139. The minimum absolute atomic E-state index is 0.119. The van der Waals surface area contributed by atoms with E-state index in [1.807, 2.05) is 6.92 Å². The van der Waals surface area contributed by atoms with Crippen molar-refractivity contribution in [2.24, 2.45) is 0 Å². The van der Waals surface area contributed by atoms with E-state index in [4.69, 9.17) is 5.11 Å². The number of nitrogens with one attached hydrogen (secondary N) is 2. The molecule has 3 N–H and O–H groups in total. The van der Waals surface area contributed by atoms with Gasteiger partial charge in [0.1, 0.15) is 11.9 Å². The SMILES string of the molecule is CCCC[C@H](NC(=O)c1cc(F)ccc1NS(C)(=O)=O)C(=O)O. The number of sulfonamides is 1. The van der Waals surface area contributed by atoms with E-state index in [-0.39, 0.29) is 17.7 Å². The molecule has 1 aromatic rings. The van der Waals surface area contributed by atoms with E-state index in [1.54, 1.807) is 0 Å². The molecule has 1 aromatic carbocycles. The van der Waals surface area contributed by atoms with Crippen molar-refractivity contribution in [3.05, 3.63) is 29.6 Å². The molecular weight excluding hydrogens is 327 g/mol. The first-order chi connectivity index (χ1) is 10.6. The predicted octanol–water partition coefficient (Wildman–Crippen LogP) is 1.57. The number of halogens is 1. The third-order valence-electron chi connectivity index (χ3n) is 2.97. The van der Waals surface area contributed by atoms with Crippen LogP contribution in [0.4, 0.5) is 10.1 Å². The molecule has 0 aliphatic carbocycles. The molecule has 0 unspecified atom stereocenters. The van der Waals surface area contributed by atoms with Crippen molar-refractivity contribution in [2.75, 3.05) is 11.0 Å². The lowest BCUT2D eigenvalue weighted by atomic mass is 10.1. The van der Waals surface area contributed by atoms with Crippen LogP contribution in [-0.2, 0) is 14.8 Å². The summed E-state index contributed by atoms with van der Waals surface area (Å²) in [4.78, 5) is 23.4. The molecule has 1 amide bonds. The van der Waals surface area contributed by atoms with Gasteiger partial charge in [0.25, 0.3) is 5.91 Å². The Balaban J connectivity index is 3.05. The van der Waals surface area contributed by atoms with E-state index in [0.29, 0.717) is 6.42 Å². The molecule has 0 bridgehead atoms. The van der Waals surface area contributed by atoms with E-state index >= 15 is 0 Å². The zero-order chi connectivity index (χ0) is 17.6. The molecule has 0 saturated carbocycles. The molecule has 0 aliphatic heterocycles. The first-order valence-electron chi connectivity index (χ1n) is 6.95. The molecule has 0 aromatic heterocycles. The Morgan fingerprint density at radius 3 is 2.52 bits per heavy atom. The van der Waals surface area contributed by atoms with Gasteiger partial charge in [-0.1, -0.05) is 19.8 Å². The molecule has 9 heteroatoms. The van der Waals surface area contributed by atoms with Crippen LogP contribution in [0.5, 0.6) is 0 Å². The molecule has 7 nitrogen and oxygen atoms in total. The Bertz CT molecular complexity index is 690. The maximum Gasteiger partial charge on any atom is 0.326 e. The molecule has 1 rings (SSSR count). The summed E-state index contributed by atoms with van der Waals surface area (Å²) in [6.45, 7) is 1.88. The second-order valence-electron chi connectivity index (χ2n) is 5.07.